The summed E-state index contributed by atoms with van der Waals surface area (Å²) in [4.78, 5) is 3.74. The highest BCUT2D eigenvalue weighted by Gasteiger charge is 2.10. The van der Waals surface area contributed by atoms with Gasteiger partial charge in [-0.1, -0.05) is 6.42 Å². The van der Waals surface area contributed by atoms with E-state index in [0.717, 1.165) is 23.7 Å². The molecule has 2 N–H and O–H groups in total. The highest BCUT2D eigenvalue weighted by molar-refractivity contribution is 7.99. The molecule has 1 aromatic carbocycles. The second-order valence-electron chi connectivity index (χ2n) is 4.66. The molecule has 0 atom stereocenters. The molecule has 0 bridgehead atoms. The summed E-state index contributed by atoms with van der Waals surface area (Å²) in [5, 5.41) is 0. The Kier molecular flexibility index (Phi) is 5.20. The van der Waals surface area contributed by atoms with Crippen molar-refractivity contribution < 1.29 is 4.74 Å². The lowest BCUT2D eigenvalue weighted by Gasteiger charge is -2.26. The zero-order valence-electron chi connectivity index (χ0n) is 11.0. The average molecular weight is 266 g/mol. The van der Waals surface area contributed by atoms with Crippen LogP contribution in [0.5, 0.6) is 5.75 Å². The molecule has 18 heavy (non-hydrogen) atoms. The normalized spacial score (nSPS) is 16.7. The van der Waals surface area contributed by atoms with E-state index in [1.807, 2.05) is 23.9 Å². The summed E-state index contributed by atoms with van der Waals surface area (Å²) in [7, 11) is 1.70. The average Bonchev–Trinajstić information content (AvgIpc) is 2.41. The Bertz CT molecular complexity index is 378. The van der Waals surface area contributed by atoms with Crippen molar-refractivity contribution in [3.05, 3.63) is 18.2 Å². The second-order valence-corrected chi connectivity index (χ2v) is 5.80. The van der Waals surface area contributed by atoms with Gasteiger partial charge < -0.3 is 15.4 Å². The van der Waals surface area contributed by atoms with Gasteiger partial charge in [-0.15, -0.1) is 11.8 Å². The molecule has 0 aliphatic carbocycles. The van der Waals surface area contributed by atoms with Gasteiger partial charge in [0.25, 0.3) is 0 Å². The monoisotopic (exact) mass is 266 g/mol. The van der Waals surface area contributed by atoms with Crippen LogP contribution in [0.25, 0.3) is 0 Å². The predicted molar refractivity (Wildman–Crippen MR) is 78.4 cm³/mol. The van der Waals surface area contributed by atoms with Gasteiger partial charge in [-0.25, -0.2) is 0 Å². The van der Waals surface area contributed by atoms with Crippen molar-refractivity contribution in [1.82, 2.24) is 4.90 Å². The van der Waals surface area contributed by atoms with Gasteiger partial charge in [-0.05, 0) is 38.1 Å². The zero-order chi connectivity index (χ0) is 12.8. The molecular formula is C14H22N2OS. The number of nitrogen functional groups attached to an aromatic ring is 1. The molecule has 0 unspecified atom stereocenters. The number of hydrogen-bond acceptors (Lipinski definition) is 4. The fourth-order valence-electron chi connectivity index (χ4n) is 2.27. The largest absolute Gasteiger partial charge is 0.496 e. The molecular weight excluding hydrogens is 244 g/mol. The molecule has 2 rings (SSSR count). The van der Waals surface area contributed by atoms with Gasteiger partial charge >= 0.3 is 0 Å². The van der Waals surface area contributed by atoms with Crippen LogP contribution < -0.4 is 10.5 Å². The highest BCUT2D eigenvalue weighted by atomic mass is 32.2. The molecule has 1 fully saturated rings. The maximum absolute atomic E-state index is 5.75. The molecule has 0 amide bonds. The number of ether oxygens (including phenoxy) is 1. The van der Waals surface area contributed by atoms with Crippen LogP contribution in [0, 0.1) is 0 Å². The van der Waals surface area contributed by atoms with E-state index >= 15 is 0 Å². The van der Waals surface area contributed by atoms with Crippen molar-refractivity contribution in [2.24, 2.45) is 0 Å². The van der Waals surface area contributed by atoms with E-state index in [-0.39, 0.29) is 0 Å². The number of rotatable bonds is 5. The SMILES string of the molecule is COc1cc(N)ccc1SCCN1CCCCC1. The minimum atomic E-state index is 0.757. The topological polar surface area (TPSA) is 38.5 Å². The molecule has 1 aliphatic heterocycles. The Morgan fingerprint density at radius 3 is 2.78 bits per heavy atom. The molecule has 0 aromatic heterocycles. The standard InChI is InChI=1S/C14H22N2OS/c1-17-13-11-12(15)5-6-14(13)18-10-9-16-7-3-2-4-8-16/h5-6,11H,2-4,7-10,15H2,1H3. The molecule has 3 nitrogen and oxygen atoms in total. The van der Waals surface area contributed by atoms with Crippen molar-refractivity contribution in [1.29, 1.82) is 0 Å². The first-order valence-corrected chi connectivity index (χ1v) is 7.57. The lowest BCUT2D eigenvalue weighted by atomic mass is 10.1. The molecule has 1 aliphatic rings. The van der Waals surface area contributed by atoms with Crippen molar-refractivity contribution in [2.45, 2.75) is 24.2 Å². The van der Waals surface area contributed by atoms with Crippen LogP contribution in [0.2, 0.25) is 0 Å². The van der Waals surface area contributed by atoms with Crippen LogP contribution in [0.1, 0.15) is 19.3 Å². The number of likely N-dealkylation sites (tertiary alicyclic amines) is 1. The van der Waals surface area contributed by atoms with E-state index in [0.29, 0.717) is 0 Å². The first-order valence-electron chi connectivity index (χ1n) is 6.58. The summed E-state index contributed by atoms with van der Waals surface area (Å²) < 4.78 is 5.35. The third-order valence-electron chi connectivity index (χ3n) is 3.30. The summed E-state index contributed by atoms with van der Waals surface area (Å²) in [6.45, 7) is 3.69. The number of thioether (sulfide) groups is 1. The smallest absolute Gasteiger partial charge is 0.134 e. The number of nitrogens with zero attached hydrogens (tertiary/aromatic N) is 1. The number of anilines is 1. The van der Waals surface area contributed by atoms with E-state index in [2.05, 4.69) is 11.0 Å². The molecule has 1 saturated heterocycles. The molecule has 0 spiro atoms. The maximum Gasteiger partial charge on any atom is 0.134 e. The lowest BCUT2D eigenvalue weighted by Crippen LogP contribution is -2.31. The van der Waals surface area contributed by atoms with E-state index in [1.54, 1.807) is 7.11 Å². The Labute approximate surface area is 114 Å². The number of nitrogens with two attached hydrogens (primary N) is 1. The van der Waals surface area contributed by atoms with Gasteiger partial charge in [0.1, 0.15) is 5.75 Å². The van der Waals surface area contributed by atoms with Crippen LogP contribution in [0.15, 0.2) is 23.1 Å². The fourth-order valence-corrected chi connectivity index (χ4v) is 3.29. The van der Waals surface area contributed by atoms with Crippen molar-refractivity contribution in [3.8, 4) is 5.75 Å². The Hall–Kier alpha value is -0.870. The molecule has 0 saturated carbocycles. The molecule has 1 aromatic rings. The molecule has 100 valence electrons. The minimum Gasteiger partial charge on any atom is -0.496 e. The van der Waals surface area contributed by atoms with E-state index in [9.17, 15) is 0 Å². The van der Waals surface area contributed by atoms with Crippen LogP contribution in [-0.2, 0) is 0 Å². The van der Waals surface area contributed by atoms with Crippen LogP contribution in [0.3, 0.4) is 0 Å². The van der Waals surface area contributed by atoms with E-state index < -0.39 is 0 Å². The summed E-state index contributed by atoms with van der Waals surface area (Å²) in [6.07, 6.45) is 4.11. The molecule has 4 heteroatoms. The van der Waals surface area contributed by atoms with Crippen LogP contribution >= 0.6 is 11.8 Å². The number of benzene rings is 1. The Morgan fingerprint density at radius 2 is 2.06 bits per heavy atom. The molecule has 1 heterocycles. The van der Waals surface area contributed by atoms with Crippen molar-refractivity contribution in [3.63, 3.8) is 0 Å². The van der Waals surface area contributed by atoms with Crippen LogP contribution in [-0.4, -0.2) is 37.4 Å². The summed E-state index contributed by atoms with van der Waals surface area (Å²) in [5.74, 6) is 2.00. The van der Waals surface area contributed by atoms with Crippen molar-refractivity contribution in [2.75, 3.05) is 38.2 Å². The van der Waals surface area contributed by atoms with Gasteiger partial charge in [0, 0.05) is 28.9 Å². The van der Waals surface area contributed by atoms with Gasteiger partial charge in [0.2, 0.25) is 0 Å². The maximum atomic E-state index is 5.75. The first kappa shape index (κ1) is 13.6. The third-order valence-corrected chi connectivity index (χ3v) is 4.34. The third kappa shape index (κ3) is 3.82. The highest BCUT2D eigenvalue weighted by Crippen LogP contribution is 2.31. The van der Waals surface area contributed by atoms with E-state index in [1.165, 1.54) is 37.2 Å². The lowest BCUT2D eigenvalue weighted by molar-refractivity contribution is 0.242. The minimum absolute atomic E-state index is 0.757. The summed E-state index contributed by atoms with van der Waals surface area (Å²) in [6, 6.07) is 5.88. The molecule has 0 radical (unpaired) electrons. The fraction of sp³-hybridized carbons (Fsp3) is 0.571. The number of hydrogen-bond donors (Lipinski definition) is 1. The quantitative estimate of drug-likeness (QED) is 0.657. The van der Waals surface area contributed by atoms with Gasteiger partial charge in [-0.2, -0.15) is 0 Å². The zero-order valence-corrected chi connectivity index (χ0v) is 11.8. The predicted octanol–water partition coefficient (Wildman–Crippen LogP) is 2.86. The first-order chi connectivity index (χ1) is 8.79. The van der Waals surface area contributed by atoms with Gasteiger partial charge in [-0.3, -0.25) is 0 Å². The van der Waals surface area contributed by atoms with E-state index in [4.69, 9.17) is 10.5 Å². The van der Waals surface area contributed by atoms with Crippen LogP contribution in [0.4, 0.5) is 5.69 Å². The second kappa shape index (κ2) is 6.90. The van der Waals surface area contributed by atoms with Crippen molar-refractivity contribution >= 4 is 17.4 Å². The summed E-state index contributed by atoms with van der Waals surface area (Å²) in [5.41, 5.74) is 6.51. The van der Waals surface area contributed by atoms with Gasteiger partial charge in [0.15, 0.2) is 0 Å². The summed E-state index contributed by atoms with van der Waals surface area (Å²) >= 11 is 1.85. The Balaban J connectivity index is 1.82. The number of methoxy groups -OCH3 is 1. The number of piperidine rings is 1. The Morgan fingerprint density at radius 1 is 1.28 bits per heavy atom. The van der Waals surface area contributed by atoms with Gasteiger partial charge in [0.05, 0.1) is 7.11 Å².